The van der Waals surface area contributed by atoms with Crippen molar-refractivity contribution in [3.63, 3.8) is 0 Å². The van der Waals surface area contributed by atoms with Crippen molar-refractivity contribution in [3.8, 4) is 0 Å². The van der Waals surface area contributed by atoms with Gasteiger partial charge in [-0.3, -0.25) is 4.79 Å². The zero-order valence-electron chi connectivity index (χ0n) is 13.4. The summed E-state index contributed by atoms with van der Waals surface area (Å²) >= 11 is 1.54. The van der Waals surface area contributed by atoms with Gasteiger partial charge in [0.05, 0.1) is 10.9 Å². The van der Waals surface area contributed by atoms with Crippen molar-refractivity contribution >= 4 is 17.2 Å². The molecular weight excluding hydrogens is 312 g/mol. The van der Waals surface area contributed by atoms with E-state index in [0.717, 1.165) is 47.9 Å². The molecule has 0 aromatic carbocycles. The Bertz CT molecular complexity index is 738. The van der Waals surface area contributed by atoms with Crippen LogP contribution < -0.4 is 0 Å². The summed E-state index contributed by atoms with van der Waals surface area (Å²) in [4.78, 5) is 16.0. The summed E-state index contributed by atoms with van der Waals surface area (Å²) in [6.07, 6.45) is 2.88. The fraction of sp³-hybridized carbons (Fsp3) is 0.562. The van der Waals surface area contributed by atoms with Crippen LogP contribution in [0.25, 0.3) is 0 Å². The van der Waals surface area contributed by atoms with E-state index in [0.29, 0.717) is 6.61 Å². The smallest absolute Gasteiger partial charge is 0.264 e. The van der Waals surface area contributed by atoms with Crippen LogP contribution in [-0.4, -0.2) is 44.8 Å². The van der Waals surface area contributed by atoms with Gasteiger partial charge in [-0.1, -0.05) is 0 Å². The van der Waals surface area contributed by atoms with E-state index in [1.165, 1.54) is 0 Å². The molecule has 2 bridgehead atoms. The van der Waals surface area contributed by atoms with E-state index in [1.54, 1.807) is 18.4 Å². The molecule has 7 heteroatoms. The monoisotopic (exact) mass is 332 g/mol. The van der Waals surface area contributed by atoms with E-state index in [9.17, 15) is 4.79 Å². The second-order valence-electron chi connectivity index (χ2n) is 6.31. The van der Waals surface area contributed by atoms with E-state index in [1.807, 2.05) is 18.4 Å². The summed E-state index contributed by atoms with van der Waals surface area (Å²) in [5, 5.41) is 10.6. The maximum absolute atomic E-state index is 13.0. The number of hydrogen-bond acceptors (Lipinski definition) is 5. The Hall–Kier alpha value is -1.73. The molecule has 1 saturated heterocycles. The van der Waals surface area contributed by atoms with Crippen LogP contribution in [0.2, 0.25) is 0 Å². The van der Waals surface area contributed by atoms with E-state index in [4.69, 9.17) is 4.74 Å². The molecule has 0 radical (unpaired) electrons. The molecule has 2 aromatic rings. The molecule has 2 atom stereocenters. The minimum atomic E-state index is 0.178. The molecule has 122 valence electrons. The predicted molar refractivity (Wildman–Crippen MR) is 86.5 cm³/mol. The van der Waals surface area contributed by atoms with Gasteiger partial charge in [0.1, 0.15) is 12.4 Å². The van der Waals surface area contributed by atoms with Gasteiger partial charge in [0, 0.05) is 26.1 Å². The first-order valence-corrected chi connectivity index (χ1v) is 8.83. The largest absolute Gasteiger partial charge is 0.377 e. The number of carbonyl (C=O) groups is 1. The quantitative estimate of drug-likeness (QED) is 0.863. The number of aromatic nitrogens is 3. The Kier molecular flexibility index (Phi) is 3.69. The van der Waals surface area contributed by atoms with E-state index in [2.05, 4.69) is 19.7 Å². The van der Waals surface area contributed by atoms with Crippen LogP contribution in [0.15, 0.2) is 11.4 Å². The van der Waals surface area contributed by atoms with Crippen molar-refractivity contribution in [1.29, 1.82) is 0 Å². The van der Waals surface area contributed by atoms with Crippen LogP contribution in [0.5, 0.6) is 0 Å². The van der Waals surface area contributed by atoms with Crippen LogP contribution >= 0.6 is 11.3 Å². The molecule has 0 saturated carbocycles. The maximum Gasteiger partial charge on any atom is 0.264 e. The Morgan fingerprint density at radius 2 is 2.22 bits per heavy atom. The third-order valence-electron chi connectivity index (χ3n) is 4.90. The molecule has 2 aliphatic heterocycles. The topological polar surface area (TPSA) is 60.3 Å². The van der Waals surface area contributed by atoms with Gasteiger partial charge in [-0.25, -0.2) is 0 Å². The molecule has 0 N–H and O–H groups in total. The van der Waals surface area contributed by atoms with Crippen LogP contribution in [0, 0.1) is 6.92 Å². The molecular formula is C16H20N4O2S. The number of nitrogens with zero attached hydrogens (tertiary/aromatic N) is 4. The number of thiophene rings is 1. The molecule has 23 heavy (non-hydrogen) atoms. The van der Waals surface area contributed by atoms with Gasteiger partial charge >= 0.3 is 0 Å². The first-order valence-electron chi connectivity index (χ1n) is 7.95. The molecule has 6 nitrogen and oxygen atoms in total. The minimum Gasteiger partial charge on any atom is -0.377 e. The van der Waals surface area contributed by atoms with Gasteiger partial charge in [0.2, 0.25) is 0 Å². The second kappa shape index (κ2) is 5.72. The van der Waals surface area contributed by atoms with E-state index in [-0.39, 0.29) is 18.0 Å². The van der Waals surface area contributed by atoms with Gasteiger partial charge < -0.3 is 14.2 Å². The first kappa shape index (κ1) is 14.8. The van der Waals surface area contributed by atoms with Gasteiger partial charge in [-0.15, -0.1) is 21.5 Å². The molecule has 1 amide bonds. The summed E-state index contributed by atoms with van der Waals surface area (Å²) < 4.78 is 7.37. The Labute approximate surface area is 139 Å². The molecule has 1 fully saturated rings. The minimum absolute atomic E-state index is 0.178. The fourth-order valence-corrected chi connectivity index (χ4v) is 4.64. The van der Waals surface area contributed by atoms with E-state index < -0.39 is 0 Å². The summed E-state index contributed by atoms with van der Waals surface area (Å²) in [6, 6.07) is 2.47. The highest BCUT2D eigenvalue weighted by atomic mass is 32.1. The lowest BCUT2D eigenvalue weighted by Crippen LogP contribution is -2.42. The van der Waals surface area contributed by atoms with Gasteiger partial charge in [0.25, 0.3) is 5.91 Å². The zero-order chi connectivity index (χ0) is 16.0. The first-order chi connectivity index (χ1) is 11.2. The third-order valence-corrected chi connectivity index (χ3v) is 5.90. The Balaban J connectivity index is 1.65. The van der Waals surface area contributed by atoms with Crippen LogP contribution in [0.4, 0.5) is 0 Å². The summed E-state index contributed by atoms with van der Waals surface area (Å²) in [7, 11) is 1.67. The number of fused-ring (bicyclic) bond motifs is 3. The highest BCUT2D eigenvalue weighted by Crippen LogP contribution is 2.34. The number of amides is 1. The van der Waals surface area contributed by atoms with Crippen molar-refractivity contribution < 1.29 is 9.53 Å². The Morgan fingerprint density at radius 3 is 2.96 bits per heavy atom. The lowest BCUT2D eigenvalue weighted by atomic mass is 10.1. The van der Waals surface area contributed by atoms with E-state index >= 15 is 0 Å². The fourth-order valence-electron chi connectivity index (χ4n) is 3.77. The maximum atomic E-state index is 13.0. The normalized spacial score (nSPS) is 23.0. The highest BCUT2D eigenvalue weighted by molar-refractivity contribution is 7.12. The van der Waals surface area contributed by atoms with Crippen molar-refractivity contribution in [3.05, 3.63) is 33.5 Å². The van der Waals surface area contributed by atoms with Crippen LogP contribution in [0.1, 0.15) is 39.7 Å². The molecule has 2 aliphatic rings. The predicted octanol–water partition coefficient (Wildman–Crippen LogP) is 2.02. The average Bonchev–Trinajstić information content (AvgIpc) is 3.18. The number of rotatable bonds is 3. The van der Waals surface area contributed by atoms with Gasteiger partial charge in [-0.2, -0.15) is 0 Å². The molecule has 2 aromatic heterocycles. The number of methoxy groups -OCH3 is 1. The summed E-state index contributed by atoms with van der Waals surface area (Å²) in [5.74, 6) is 2.01. The lowest BCUT2D eigenvalue weighted by Gasteiger charge is -2.27. The SMILES string of the molecule is COCc1nnc2n1CC1CCC(C2)N1C(=O)c1sccc1C. The number of hydrogen-bond donors (Lipinski definition) is 0. The Morgan fingerprint density at radius 1 is 1.39 bits per heavy atom. The molecule has 4 heterocycles. The second-order valence-corrected chi connectivity index (χ2v) is 7.23. The van der Waals surface area contributed by atoms with Crippen molar-refractivity contribution in [1.82, 2.24) is 19.7 Å². The number of ether oxygens (including phenoxy) is 1. The average molecular weight is 332 g/mol. The van der Waals surface area contributed by atoms with Crippen molar-refractivity contribution in [2.45, 2.75) is 51.4 Å². The van der Waals surface area contributed by atoms with Crippen LogP contribution in [-0.2, 0) is 24.3 Å². The molecule has 2 unspecified atom stereocenters. The number of aryl methyl sites for hydroxylation is 1. The molecule has 0 aliphatic carbocycles. The van der Waals surface area contributed by atoms with Crippen LogP contribution in [0.3, 0.4) is 0 Å². The highest BCUT2D eigenvalue weighted by Gasteiger charge is 2.41. The van der Waals surface area contributed by atoms with Crippen molar-refractivity contribution in [2.75, 3.05) is 7.11 Å². The van der Waals surface area contributed by atoms with Gasteiger partial charge in [-0.05, 0) is 36.8 Å². The summed E-state index contributed by atoms with van der Waals surface area (Å²) in [6.45, 7) is 3.24. The van der Waals surface area contributed by atoms with Crippen molar-refractivity contribution in [2.24, 2.45) is 0 Å². The lowest BCUT2D eigenvalue weighted by molar-refractivity contribution is 0.0668. The third kappa shape index (κ3) is 2.38. The number of carbonyl (C=O) groups excluding carboxylic acids is 1. The molecule has 0 spiro atoms. The molecule has 4 rings (SSSR count). The zero-order valence-corrected chi connectivity index (χ0v) is 14.2. The summed E-state index contributed by atoms with van der Waals surface area (Å²) in [5.41, 5.74) is 1.07. The van der Waals surface area contributed by atoms with Gasteiger partial charge in [0.15, 0.2) is 5.82 Å². The standard InChI is InChI=1S/C16H20N4O2S/c1-10-5-6-23-15(10)16(21)20-11-3-4-12(20)8-19-13(7-11)17-18-14(19)9-22-2/h5-6,11-12H,3-4,7-9H2,1-2H3.